The van der Waals surface area contributed by atoms with E-state index in [2.05, 4.69) is 5.32 Å². The fourth-order valence-electron chi connectivity index (χ4n) is 2.99. The molecular formula is C17H23NO5. The number of hydrogen-bond donors (Lipinski definition) is 2. The van der Waals surface area contributed by atoms with E-state index in [0.29, 0.717) is 32.2 Å². The molecule has 23 heavy (non-hydrogen) atoms. The van der Waals surface area contributed by atoms with Crippen molar-refractivity contribution in [2.75, 3.05) is 20.8 Å². The first kappa shape index (κ1) is 17.1. The number of aliphatic carboxylic acids is 1. The molecule has 0 aliphatic heterocycles. The lowest BCUT2D eigenvalue weighted by Gasteiger charge is -2.13. The summed E-state index contributed by atoms with van der Waals surface area (Å²) >= 11 is 0. The summed E-state index contributed by atoms with van der Waals surface area (Å²) in [6.07, 6.45) is 2.28. The van der Waals surface area contributed by atoms with Gasteiger partial charge in [-0.2, -0.15) is 0 Å². The smallest absolute Gasteiger partial charge is 0.306 e. The highest BCUT2D eigenvalue weighted by atomic mass is 16.5. The minimum atomic E-state index is -0.804. The highest BCUT2D eigenvalue weighted by molar-refractivity contribution is 5.80. The summed E-state index contributed by atoms with van der Waals surface area (Å²) < 4.78 is 10.5. The predicted octanol–water partition coefficient (Wildman–Crippen LogP) is 1.86. The molecule has 0 aromatic heterocycles. The van der Waals surface area contributed by atoms with Crippen LogP contribution in [0.1, 0.15) is 24.8 Å². The van der Waals surface area contributed by atoms with Gasteiger partial charge in [0.15, 0.2) is 0 Å². The Balaban J connectivity index is 1.85. The Morgan fingerprint density at radius 1 is 1.22 bits per heavy atom. The Hall–Kier alpha value is -2.24. The number of carboxylic acids is 1. The number of ether oxygens (including phenoxy) is 2. The Morgan fingerprint density at radius 3 is 2.57 bits per heavy atom. The van der Waals surface area contributed by atoms with Gasteiger partial charge in [0.05, 0.1) is 20.1 Å². The number of methoxy groups -OCH3 is 2. The van der Waals surface area contributed by atoms with Crippen molar-refractivity contribution in [1.29, 1.82) is 0 Å². The van der Waals surface area contributed by atoms with Crippen LogP contribution in [0.3, 0.4) is 0 Å². The number of hydrogen-bond acceptors (Lipinski definition) is 4. The molecule has 0 bridgehead atoms. The topological polar surface area (TPSA) is 84.9 Å². The van der Waals surface area contributed by atoms with Crippen LogP contribution in [0.15, 0.2) is 18.2 Å². The van der Waals surface area contributed by atoms with E-state index >= 15 is 0 Å². The van der Waals surface area contributed by atoms with Gasteiger partial charge in [-0.25, -0.2) is 0 Å². The maximum absolute atomic E-state index is 12.1. The highest BCUT2D eigenvalue weighted by Crippen LogP contribution is 2.31. The number of nitrogens with one attached hydrogen (secondary N) is 1. The standard InChI is InChI=1S/C17H23NO5/c1-22-14-5-6-15(23-2)11(10-14)7-8-18-16(19)12-3-4-13(9-12)17(20)21/h5-6,10,12-13H,3-4,7-9H2,1-2H3,(H,18,19)(H,20,21)/t12-,13+/m1/s1. The van der Waals surface area contributed by atoms with Crippen LogP contribution in [0, 0.1) is 11.8 Å². The molecule has 0 unspecified atom stereocenters. The van der Waals surface area contributed by atoms with Gasteiger partial charge in [0, 0.05) is 12.5 Å². The molecule has 126 valence electrons. The van der Waals surface area contributed by atoms with Gasteiger partial charge in [-0.15, -0.1) is 0 Å². The van der Waals surface area contributed by atoms with E-state index in [1.54, 1.807) is 14.2 Å². The SMILES string of the molecule is COc1ccc(OC)c(CCNC(=O)[C@@H]2CC[C@H](C(=O)O)C2)c1. The zero-order valence-electron chi connectivity index (χ0n) is 13.5. The fraction of sp³-hybridized carbons (Fsp3) is 0.529. The molecule has 2 rings (SSSR count). The van der Waals surface area contributed by atoms with E-state index < -0.39 is 5.97 Å². The lowest BCUT2D eigenvalue weighted by Crippen LogP contribution is -2.31. The number of carboxylic acid groups (broad SMARTS) is 1. The molecule has 1 aliphatic carbocycles. The molecule has 1 aromatic rings. The van der Waals surface area contributed by atoms with Crippen molar-refractivity contribution in [3.05, 3.63) is 23.8 Å². The van der Waals surface area contributed by atoms with Crippen LogP contribution in [0.4, 0.5) is 0 Å². The number of rotatable bonds is 7. The van der Waals surface area contributed by atoms with Crippen LogP contribution in [0.2, 0.25) is 0 Å². The molecule has 2 atom stereocenters. The minimum absolute atomic E-state index is 0.0596. The first-order valence-electron chi connectivity index (χ1n) is 7.76. The van der Waals surface area contributed by atoms with Crippen molar-refractivity contribution in [1.82, 2.24) is 5.32 Å². The van der Waals surface area contributed by atoms with Gasteiger partial charge in [-0.1, -0.05) is 0 Å². The molecule has 6 heteroatoms. The van der Waals surface area contributed by atoms with Crippen molar-refractivity contribution in [3.8, 4) is 11.5 Å². The largest absolute Gasteiger partial charge is 0.497 e. The zero-order chi connectivity index (χ0) is 16.8. The maximum Gasteiger partial charge on any atom is 0.306 e. The maximum atomic E-state index is 12.1. The third-order valence-corrected chi connectivity index (χ3v) is 4.33. The third-order valence-electron chi connectivity index (χ3n) is 4.33. The third kappa shape index (κ3) is 4.37. The second-order valence-electron chi connectivity index (χ2n) is 5.76. The molecule has 1 saturated carbocycles. The van der Waals surface area contributed by atoms with Crippen molar-refractivity contribution < 1.29 is 24.2 Å². The Kier molecular flexibility index (Phi) is 5.84. The first-order valence-corrected chi connectivity index (χ1v) is 7.76. The molecule has 2 N–H and O–H groups in total. The molecule has 1 amide bonds. The highest BCUT2D eigenvalue weighted by Gasteiger charge is 2.33. The number of carbonyl (C=O) groups excluding carboxylic acids is 1. The molecule has 1 aliphatic rings. The zero-order valence-corrected chi connectivity index (χ0v) is 13.5. The van der Waals surface area contributed by atoms with Crippen molar-refractivity contribution >= 4 is 11.9 Å². The summed E-state index contributed by atoms with van der Waals surface area (Å²) in [5.41, 5.74) is 0.960. The van der Waals surface area contributed by atoms with E-state index in [1.165, 1.54) is 0 Å². The molecule has 1 aromatic carbocycles. The number of carbonyl (C=O) groups is 2. The van der Waals surface area contributed by atoms with Gasteiger partial charge in [-0.05, 0) is 49.4 Å². The van der Waals surface area contributed by atoms with Gasteiger partial charge < -0.3 is 19.9 Å². The van der Waals surface area contributed by atoms with Crippen LogP contribution in [-0.2, 0) is 16.0 Å². The summed E-state index contributed by atoms with van der Waals surface area (Å²) in [4.78, 5) is 23.1. The molecule has 0 radical (unpaired) electrons. The number of benzene rings is 1. The first-order chi connectivity index (χ1) is 11.0. The van der Waals surface area contributed by atoms with Gasteiger partial charge in [-0.3, -0.25) is 9.59 Å². The molecule has 1 fully saturated rings. The second-order valence-corrected chi connectivity index (χ2v) is 5.76. The molecule has 0 spiro atoms. The Morgan fingerprint density at radius 2 is 1.96 bits per heavy atom. The fourth-order valence-corrected chi connectivity index (χ4v) is 2.99. The second kappa shape index (κ2) is 7.85. The normalized spacial score (nSPS) is 20.1. The van der Waals surface area contributed by atoms with Crippen LogP contribution < -0.4 is 14.8 Å². The summed E-state index contributed by atoms with van der Waals surface area (Å²) in [5.74, 6) is 0.0589. The van der Waals surface area contributed by atoms with Crippen LogP contribution in [0.25, 0.3) is 0 Å². The summed E-state index contributed by atoms with van der Waals surface area (Å²) in [6.45, 7) is 0.483. The monoisotopic (exact) mass is 321 g/mol. The van der Waals surface area contributed by atoms with E-state index in [9.17, 15) is 9.59 Å². The van der Waals surface area contributed by atoms with Gasteiger partial charge in [0.25, 0.3) is 0 Å². The molecule has 6 nitrogen and oxygen atoms in total. The molecule has 0 heterocycles. The average Bonchev–Trinajstić information content (AvgIpc) is 3.05. The minimum Gasteiger partial charge on any atom is -0.497 e. The molecule has 0 saturated heterocycles. The predicted molar refractivity (Wildman–Crippen MR) is 84.7 cm³/mol. The Bertz CT molecular complexity index is 572. The van der Waals surface area contributed by atoms with Crippen molar-refractivity contribution in [2.45, 2.75) is 25.7 Å². The van der Waals surface area contributed by atoms with Crippen molar-refractivity contribution in [2.24, 2.45) is 11.8 Å². The number of amides is 1. The van der Waals surface area contributed by atoms with Crippen LogP contribution >= 0.6 is 0 Å². The summed E-state index contributed by atoms with van der Waals surface area (Å²) in [6, 6.07) is 5.55. The van der Waals surface area contributed by atoms with E-state index in [4.69, 9.17) is 14.6 Å². The van der Waals surface area contributed by atoms with Gasteiger partial charge >= 0.3 is 5.97 Å². The lowest BCUT2D eigenvalue weighted by atomic mass is 10.0. The van der Waals surface area contributed by atoms with E-state index in [0.717, 1.165) is 17.1 Å². The van der Waals surface area contributed by atoms with Gasteiger partial charge in [0.1, 0.15) is 11.5 Å². The molecular weight excluding hydrogens is 298 g/mol. The van der Waals surface area contributed by atoms with E-state index in [1.807, 2.05) is 18.2 Å². The quantitative estimate of drug-likeness (QED) is 0.801. The lowest BCUT2D eigenvalue weighted by molar-refractivity contribution is -0.141. The van der Waals surface area contributed by atoms with Crippen LogP contribution in [-0.4, -0.2) is 37.7 Å². The van der Waals surface area contributed by atoms with Crippen molar-refractivity contribution in [3.63, 3.8) is 0 Å². The summed E-state index contributed by atoms with van der Waals surface area (Å²) in [7, 11) is 3.21. The van der Waals surface area contributed by atoms with Crippen LogP contribution in [0.5, 0.6) is 11.5 Å². The van der Waals surface area contributed by atoms with Gasteiger partial charge in [0.2, 0.25) is 5.91 Å². The average molecular weight is 321 g/mol. The van der Waals surface area contributed by atoms with E-state index in [-0.39, 0.29) is 17.7 Å². The summed E-state index contributed by atoms with van der Waals surface area (Å²) in [5, 5.41) is 11.9. The Labute approximate surface area is 135 Å².